The second kappa shape index (κ2) is 5.79. The van der Waals surface area contributed by atoms with Crippen LogP contribution in [0.15, 0.2) is 10.3 Å². The van der Waals surface area contributed by atoms with Crippen LogP contribution in [0.25, 0.3) is 0 Å². The number of aryl methyl sites for hydroxylation is 1. The molecule has 1 unspecified atom stereocenters. The van der Waals surface area contributed by atoms with E-state index in [0.717, 1.165) is 11.3 Å². The lowest BCUT2D eigenvalue weighted by molar-refractivity contribution is 0.0698. The Kier molecular flexibility index (Phi) is 4.85. The van der Waals surface area contributed by atoms with Crippen molar-refractivity contribution in [3.63, 3.8) is 0 Å². The van der Waals surface area contributed by atoms with Crippen molar-refractivity contribution in [2.75, 3.05) is 6.54 Å². The highest BCUT2D eigenvalue weighted by molar-refractivity contribution is 7.89. The maximum absolute atomic E-state index is 12.0. The zero-order valence-corrected chi connectivity index (χ0v) is 11.6. The maximum Gasteiger partial charge on any atom is 0.347 e. The third-order valence-corrected chi connectivity index (χ3v) is 5.19. The van der Waals surface area contributed by atoms with Gasteiger partial charge in [0.05, 0.1) is 6.10 Å². The fourth-order valence-corrected chi connectivity index (χ4v) is 4.04. The summed E-state index contributed by atoms with van der Waals surface area (Å²) in [5.74, 6) is -1.27. The number of carboxylic acid groups (broad SMARTS) is 1. The van der Waals surface area contributed by atoms with E-state index in [4.69, 9.17) is 5.11 Å². The topological polar surface area (TPSA) is 104 Å². The predicted molar refractivity (Wildman–Crippen MR) is 67.5 cm³/mol. The molecule has 6 nitrogen and oxygen atoms in total. The molecular weight excluding hydrogens is 278 g/mol. The van der Waals surface area contributed by atoms with Crippen LogP contribution in [0.5, 0.6) is 0 Å². The number of hydrogen-bond donors (Lipinski definition) is 3. The number of thiophene rings is 1. The van der Waals surface area contributed by atoms with Gasteiger partial charge in [-0.1, -0.05) is 6.92 Å². The second-order valence-corrected chi connectivity index (χ2v) is 6.38. The number of rotatable bonds is 6. The van der Waals surface area contributed by atoms with E-state index in [9.17, 15) is 18.3 Å². The van der Waals surface area contributed by atoms with Crippen molar-refractivity contribution in [3.8, 4) is 0 Å². The summed E-state index contributed by atoms with van der Waals surface area (Å²) in [7, 11) is -3.91. The summed E-state index contributed by atoms with van der Waals surface area (Å²) in [6.45, 7) is 3.12. The van der Waals surface area contributed by atoms with Gasteiger partial charge in [-0.15, -0.1) is 11.3 Å². The zero-order valence-electron chi connectivity index (χ0n) is 10.0. The molecule has 1 atom stereocenters. The minimum Gasteiger partial charge on any atom is -0.477 e. The van der Waals surface area contributed by atoms with Crippen molar-refractivity contribution < 1.29 is 23.4 Å². The first-order chi connectivity index (χ1) is 8.29. The quantitative estimate of drug-likeness (QED) is 0.720. The van der Waals surface area contributed by atoms with Gasteiger partial charge >= 0.3 is 5.97 Å². The summed E-state index contributed by atoms with van der Waals surface area (Å²) in [6, 6.07) is 0. The van der Waals surface area contributed by atoms with Crippen molar-refractivity contribution in [1.82, 2.24) is 4.72 Å². The van der Waals surface area contributed by atoms with Crippen LogP contribution in [-0.2, 0) is 10.0 Å². The Bertz CT molecular complexity index is 534. The molecule has 1 heterocycles. The first-order valence-electron chi connectivity index (χ1n) is 5.28. The summed E-state index contributed by atoms with van der Waals surface area (Å²) < 4.78 is 26.2. The molecule has 0 aliphatic carbocycles. The van der Waals surface area contributed by atoms with Crippen LogP contribution in [0.1, 0.15) is 28.6 Å². The van der Waals surface area contributed by atoms with Gasteiger partial charge in [0.15, 0.2) is 0 Å². The highest BCUT2D eigenvalue weighted by Gasteiger charge is 2.26. The molecule has 102 valence electrons. The Balaban J connectivity index is 3.05. The fourth-order valence-electron chi connectivity index (χ4n) is 1.34. The molecule has 0 saturated carbocycles. The lowest BCUT2D eigenvalue weighted by atomic mass is 10.3. The molecule has 0 radical (unpaired) electrons. The van der Waals surface area contributed by atoms with Gasteiger partial charge in [0.1, 0.15) is 9.77 Å². The van der Waals surface area contributed by atoms with Gasteiger partial charge < -0.3 is 10.2 Å². The van der Waals surface area contributed by atoms with Gasteiger partial charge in [-0.05, 0) is 24.3 Å². The van der Waals surface area contributed by atoms with Crippen LogP contribution < -0.4 is 4.72 Å². The third-order valence-electron chi connectivity index (χ3n) is 2.36. The van der Waals surface area contributed by atoms with E-state index in [1.54, 1.807) is 6.92 Å². The molecule has 0 aromatic carbocycles. The molecule has 8 heteroatoms. The molecule has 0 aliphatic heterocycles. The van der Waals surface area contributed by atoms with Crippen molar-refractivity contribution in [1.29, 1.82) is 0 Å². The smallest absolute Gasteiger partial charge is 0.347 e. The number of aromatic carboxylic acids is 1. The highest BCUT2D eigenvalue weighted by atomic mass is 32.2. The molecule has 1 rings (SSSR count). The molecule has 0 saturated heterocycles. The normalized spacial score (nSPS) is 13.5. The molecule has 0 fully saturated rings. The van der Waals surface area contributed by atoms with E-state index in [0.29, 0.717) is 12.0 Å². The molecule has 0 bridgehead atoms. The fraction of sp³-hybridized carbons (Fsp3) is 0.500. The average Bonchev–Trinajstić information content (AvgIpc) is 2.69. The monoisotopic (exact) mass is 293 g/mol. The summed E-state index contributed by atoms with van der Waals surface area (Å²) in [5.41, 5.74) is 0.385. The van der Waals surface area contributed by atoms with E-state index in [-0.39, 0.29) is 16.3 Å². The van der Waals surface area contributed by atoms with Gasteiger partial charge in [-0.3, -0.25) is 0 Å². The van der Waals surface area contributed by atoms with Gasteiger partial charge in [0.25, 0.3) is 0 Å². The standard InChI is InChI=1S/C10H15NO5S2/c1-3-7(12)4-11-18(15,16)9-6(2)5-17-8(9)10(13)14/h5,7,11-12H,3-4H2,1-2H3,(H,13,14). The number of aliphatic hydroxyl groups excluding tert-OH is 1. The summed E-state index contributed by atoms with van der Waals surface area (Å²) >= 11 is 0.870. The van der Waals surface area contributed by atoms with Gasteiger partial charge in [0, 0.05) is 6.54 Å². The Morgan fingerprint density at radius 1 is 1.56 bits per heavy atom. The van der Waals surface area contributed by atoms with Crippen molar-refractivity contribution >= 4 is 27.3 Å². The van der Waals surface area contributed by atoms with E-state index < -0.39 is 22.1 Å². The summed E-state index contributed by atoms with van der Waals surface area (Å²) in [6.07, 6.45) is -0.372. The molecule has 1 aromatic heterocycles. The lowest BCUT2D eigenvalue weighted by Gasteiger charge is -2.10. The lowest BCUT2D eigenvalue weighted by Crippen LogP contribution is -2.32. The van der Waals surface area contributed by atoms with E-state index in [1.165, 1.54) is 12.3 Å². The minimum atomic E-state index is -3.91. The van der Waals surface area contributed by atoms with Crippen molar-refractivity contribution in [2.45, 2.75) is 31.3 Å². The van der Waals surface area contributed by atoms with Gasteiger partial charge in [0.2, 0.25) is 10.0 Å². The Morgan fingerprint density at radius 3 is 2.67 bits per heavy atom. The third kappa shape index (κ3) is 3.29. The van der Waals surface area contributed by atoms with Gasteiger partial charge in [-0.25, -0.2) is 17.9 Å². The highest BCUT2D eigenvalue weighted by Crippen LogP contribution is 2.26. The van der Waals surface area contributed by atoms with Crippen molar-refractivity contribution in [3.05, 3.63) is 15.8 Å². The second-order valence-electron chi connectivity index (χ2n) is 3.80. The molecule has 0 aliphatic rings. The molecule has 0 spiro atoms. The summed E-state index contributed by atoms with van der Waals surface area (Å²) in [5, 5.41) is 19.7. The maximum atomic E-state index is 12.0. The Hall–Kier alpha value is -0.960. The van der Waals surface area contributed by atoms with Crippen LogP contribution in [-0.4, -0.2) is 37.2 Å². The van der Waals surface area contributed by atoms with E-state index in [2.05, 4.69) is 4.72 Å². The van der Waals surface area contributed by atoms with Crippen LogP contribution in [0, 0.1) is 6.92 Å². The Morgan fingerprint density at radius 2 is 2.17 bits per heavy atom. The largest absolute Gasteiger partial charge is 0.477 e. The minimum absolute atomic E-state index is 0.132. The molecule has 0 amide bonds. The first-order valence-corrected chi connectivity index (χ1v) is 7.65. The first kappa shape index (κ1) is 15.1. The van der Waals surface area contributed by atoms with E-state index >= 15 is 0 Å². The van der Waals surface area contributed by atoms with Crippen LogP contribution in [0.2, 0.25) is 0 Å². The van der Waals surface area contributed by atoms with Crippen LogP contribution in [0.4, 0.5) is 0 Å². The summed E-state index contributed by atoms with van der Waals surface area (Å²) in [4.78, 5) is 10.5. The zero-order chi connectivity index (χ0) is 13.9. The molecule has 3 N–H and O–H groups in total. The number of carboxylic acids is 1. The average molecular weight is 293 g/mol. The number of nitrogens with one attached hydrogen (secondary N) is 1. The number of hydrogen-bond acceptors (Lipinski definition) is 5. The van der Waals surface area contributed by atoms with Crippen molar-refractivity contribution in [2.24, 2.45) is 0 Å². The van der Waals surface area contributed by atoms with Crippen LogP contribution >= 0.6 is 11.3 Å². The van der Waals surface area contributed by atoms with Gasteiger partial charge in [-0.2, -0.15) is 0 Å². The molecular formula is C10H15NO5S2. The van der Waals surface area contributed by atoms with E-state index in [1.807, 2.05) is 0 Å². The number of carbonyl (C=O) groups is 1. The molecule has 1 aromatic rings. The van der Waals surface area contributed by atoms with Crippen LogP contribution in [0.3, 0.4) is 0 Å². The Labute approximate surface area is 109 Å². The SMILES string of the molecule is CCC(O)CNS(=O)(=O)c1c(C)csc1C(=O)O. The predicted octanol–water partition coefficient (Wildman–Crippen LogP) is 0.804. The molecule has 18 heavy (non-hydrogen) atoms. The number of sulfonamides is 1. The number of aliphatic hydroxyl groups is 1.